The summed E-state index contributed by atoms with van der Waals surface area (Å²) in [6.45, 7) is 6.79. The first-order valence-corrected chi connectivity index (χ1v) is 9.81. The highest BCUT2D eigenvalue weighted by Gasteiger charge is 2.25. The highest BCUT2D eigenvalue weighted by Crippen LogP contribution is 2.21. The number of aromatic nitrogens is 3. The van der Waals surface area contributed by atoms with Crippen molar-refractivity contribution in [2.75, 3.05) is 19.6 Å². The molecular weight excluding hydrogens is 324 g/mol. The highest BCUT2D eigenvalue weighted by molar-refractivity contribution is 5.80. The van der Waals surface area contributed by atoms with Gasteiger partial charge in [-0.2, -0.15) is 0 Å². The van der Waals surface area contributed by atoms with Crippen LogP contribution in [0.25, 0.3) is 0 Å². The molecule has 0 amide bonds. The van der Waals surface area contributed by atoms with E-state index in [4.69, 9.17) is 4.99 Å². The van der Waals surface area contributed by atoms with E-state index in [1.807, 2.05) is 0 Å². The normalized spacial score (nSPS) is 19.8. The number of nitrogens with one attached hydrogen (secondary N) is 1. The van der Waals surface area contributed by atoms with E-state index in [9.17, 15) is 0 Å². The lowest BCUT2D eigenvalue weighted by Crippen LogP contribution is -2.40. The molecule has 1 atom stereocenters. The summed E-state index contributed by atoms with van der Waals surface area (Å²) in [6, 6.07) is 10.8. The quantitative estimate of drug-likeness (QED) is 0.662. The van der Waals surface area contributed by atoms with Crippen LogP contribution in [0.2, 0.25) is 0 Å². The molecule has 0 spiro atoms. The van der Waals surface area contributed by atoms with Crippen LogP contribution in [0.3, 0.4) is 0 Å². The van der Waals surface area contributed by atoms with E-state index in [0.29, 0.717) is 12.5 Å². The van der Waals surface area contributed by atoms with E-state index in [2.05, 4.69) is 62.2 Å². The topological polar surface area (TPSA) is 58.3 Å². The molecule has 1 fully saturated rings. The maximum Gasteiger partial charge on any atom is 0.194 e. The molecule has 6 nitrogen and oxygen atoms in total. The van der Waals surface area contributed by atoms with Gasteiger partial charge in [-0.05, 0) is 37.7 Å². The van der Waals surface area contributed by atoms with Crippen molar-refractivity contribution in [2.24, 2.45) is 10.9 Å². The van der Waals surface area contributed by atoms with Crippen LogP contribution in [-0.2, 0) is 25.9 Å². The van der Waals surface area contributed by atoms with Gasteiger partial charge in [-0.15, -0.1) is 10.2 Å². The number of aryl methyl sites for hydroxylation is 1. The largest absolute Gasteiger partial charge is 0.357 e. The number of guanidine groups is 1. The Balaban J connectivity index is 1.40. The Morgan fingerprint density at radius 2 is 2.12 bits per heavy atom. The molecule has 2 aromatic rings. The summed E-state index contributed by atoms with van der Waals surface area (Å²) in [7, 11) is 0. The van der Waals surface area contributed by atoms with Gasteiger partial charge in [0.2, 0.25) is 0 Å². The van der Waals surface area contributed by atoms with E-state index < -0.39 is 0 Å². The van der Waals surface area contributed by atoms with Gasteiger partial charge in [0.05, 0.1) is 0 Å². The summed E-state index contributed by atoms with van der Waals surface area (Å²) in [5.74, 6) is 3.81. The molecule has 3 heterocycles. The number of aliphatic imine (C=N–C) groups is 1. The van der Waals surface area contributed by atoms with E-state index in [1.54, 1.807) is 0 Å². The van der Waals surface area contributed by atoms with Gasteiger partial charge >= 0.3 is 0 Å². The molecule has 1 aromatic heterocycles. The molecular formula is C20H28N6. The van der Waals surface area contributed by atoms with Crippen LogP contribution >= 0.6 is 0 Å². The molecule has 0 saturated carbocycles. The monoisotopic (exact) mass is 352 g/mol. The molecule has 0 radical (unpaired) electrons. The molecule has 26 heavy (non-hydrogen) atoms. The Hall–Kier alpha value is -2.37. The predicted molar refractivity (Wildman–Crippen MR) is 103 cm³/mol. The van der Waals surface area contributed by atoms with Crippen molar-refractivity contribution in [2.45, 2.75) is 45.7 Å². The van der Waals surface area contributed by atoms with Crippen LogP contribution in [-0.4, -0.2) is 45.3 Å². The Morgan fingerprint density at radius 3 is 2.96 bits per heavy atom. The van der Waals surface area contributed by atoms with Crippen LogP contribution in [0, 0.1) is 5.92 Å². The van der Waals surface area contributed by atoms with Crippen LogP contribution in [0.1, 0.15) is 37.0 Å². The molecule has 2 aliphatic heterocycles. The van der Waals surface area contributed by atoms with Gasteiger partial charge in [-0.1, -0.05) is 30.3 Å². The average molecular weight is 352 g/mol. The summed E-state index contributed by atoms with van der Waals surface area (Å²) >= 11 is 0. The van der Waals surface area contributed by atoms with Gasteiger partial charge in [-0.3, -0.25) is 0 Å². The van der Waals surface area contributed by atoms with Gasteiger partial charge in [0.1, 0.15) is 12.4 Å². The van der Waals surface area contributed by atoms with Crippen LogP contribution < -0.4 is 5.32 Å². The molecule has 138 valence electrons. The van der Waals surface area contributed by atoms with Gasteiger partial charge < -0.3 is 14.8 Å². The van der Waals surface area contributed by atoms with Crippen molar-refractivity contribution >= 4 is 5.96 Å². The number of hydrogen-bond donors (Lipinski definition) is 1. The van der Waals surface area contributed by atoms with Crippen molar-refractivity contribution in [1.82, 2.24) is 25.0 Å². The third-order valence-electron chi connectivity index (χ3n) is 5.34. The fraction of sp³-hybridized carbons (Fsp3) is 0.550. The van der Waals surface area contributed by atoms with Crippen LogP contribution in [0.5, 0.6) is 0 Å². The summed E-state index contributed by atoms with van der Waals surface area (Å²) in [5.41, 5.74) is 1.43. The van der Waals surface area contributed by atoms with E-state index in [1.165, 1.54) is 18.4 Å². The molecule has 0 bridgehead atoms. The molecule has 1 saturated heterocycles. The van der Waals surface area contributed by atoms with Crippen LogP contribution in [0.4, 0.5) is 0 Å². The zero-order valence-corrected chi connectivity index (χ0v) is 15.6. The lowest BCUT2D eigenvalue weighted by molar-refractivity contribution is 0.459. The maximum absolute atomic E-state index is 4.87. The van der Waals surface area contributed by atoms with Crippen molar-refractivity contribution in [3.05, 3.63) is 47.5 Å². The molecule has 2 aliphatic rings. The SMILES string of the molecule is CCNC(=NCc1nnc2n1CCC2)N1CCC(Cc2ccccc2)C1. The number of fused-ring (bicyclic) bond motifs is 1. The molecule has 4 rings (SSSR count). The first-order valence-electron chi connectivity index (χ1n) is 9.81. The second-order valence-electron chi connectivity index (χ2n) is 7.25. The second kappa shape index (κ2) is 7.89. The molecule has 0 aliphatic carbocycles. The van der Waals surface area contributed by atoms with Crippen molar-refractivity contribution in [3.8, 4) is 0 Å². The van der Waals surface area contributed by atoms with Gasteiger partial charge in [0.25, 0.3) is 0 Å². The fourth-order valence-corrected chi connectivity index (χ4v) is 4.04. The zero-order valence-electron chi connectivity index (χ0n) is 15.6. The number of likely N-dealkylation sites (tertiary alicyclic amines) is 1. The molecule has 6 heteroatoms. The molecule has 1 N–H and O–H groups in total. The Morgan fingerprint density at radius 1 is 1.23 bits per heavy atom. The minimum absolute atomic E-state index is 0.606. The smallest absolute Gasteiger partial charge is 0.194 e. The minimum Gasteiger partial charge on any atom is -0.357 e. The van der Waals surface area contributed by atoms with E-state index >= 15 is 0 Å². The molecule has 1 unspecified atom stereocenters. The van der Waals surface area contributed by atoms with Gasteiger partial charge in [0.15, 0.2) is 11.8 Å². The summed E-state index contributed by atoms with van der Waals surface area (Å²) in [6.07, 6.45) is 4.59. The second-order valence-corrected chi connectivity index (χ2v) is 7.25. The summed E-state index contributed by atoms with van der Waals surface area (Å²) in [4.78, 5) is 7.27. The van der Waals surface area contributed by atoms with Crippen molar-refractivity contribution < 1.29 is 0 Å². The lowest BCUT2D eigenvalue weighted by atomic mass is 9.99. The van der Waals surface area contributed by atoms with Gasteiger partial charge in [0, 0.05) is 32.6 Å². The summed E-state index contributed by atoms with van der Waals surface area (Å²) < 4.78 is 2.23. The van der Waals surface area contributed by atoms with Gasteiger partial charge in [-0.25, -0.2) is 4.99 Å². The number of hydrogen-bond acceptors (Lipinski definition) is 3. The Bertz CT molecular complexity index is 751. The number of nitrogens with zero attached hydrogens (tertiary/aromatic N) is 5. The van der Waals surface area contributed by atoms with Crippen molar-refractivity contribution in [1.29, 1.82) is 0 Å². The number of benzene rings is 1. The number of rotatable bonds is 5. The summed E-state index contributed by atoms with van der Waals surface area (Å²) in [5, 5.41) is 12.1. The standard InChI is InChI=1S/C20H28N6/c1-2-21-20(22-14-19-24-23-18-9-6-11-26(18)19)25-12-10-17(15-25)13-16-7-4-3-5-8-16/h3-5,7-8,17H,2,6,9-15H2,1H3,(H,21,22). The highest BCUT2D eigenvalue weighted by atomic mass is 15.3. The predicted octanol–water partition coefficient (Wildman–Crippen LogP) is 2.25. The first-order chi connectivity index (χ1) is 12.8. The zero-order chi connectivity index (χ0) is 17.8. The van der Waals surface area contributed by atoms with Crippen LogP contribution in [0.15, 0.2) is 35.3 Å². The average Bonchev–Trinajstić information content (AvgIpc) is 3.37. The van der Waals surface area contributed by atoms with Crippen molar-refractivity contribution in [3.63, 3.8) is 0 Å². The van der Waals surface area contributed by atoms with E-state index in [-0.39, 0.29) is 0 Å². The van der Waals surface area contributed by atoms with E-state index in [0.717, 1.165) is 56.6 Å². The fourth-order valence-electron chi connectivity index (χ4n) is 4.04. The third kappa shape index (κ3) is 3.74. The first kappa shape index (κ1) is 17.1. The Kier molecular flexibility index (Phi) is 5.18. The third-order valence-corrected chi connectivity index (χ3v) is 5.34. The lowest BCUT2D eigenvalue weighted by Gasteiger charge is -2.21. The Labute approximate surface area is 155 Å². The maximum atomic E-state index is 4.87. The molecule has 1 aromatic carbocycles. The minimum atomic E-state index is 0.606.